The first-order valence-electron chi connectivity index (χ1n) is 8.85. The van der Waals surface area contributed by atoms with E-state index < -0.39 is 35.7 Å². The van der Waals surface area contributed by atoms with Crippen molar-refractivity contribution < 1.29 is 14.3 Å². The Morgan fingerprint density at radius 2 is 1.86 bits per heavy atom. The molecule has 29 heavy (non-hydrogen) atoms. The van der Waals surface area contributed by atoms with Crippen LogP contribution in [0.25, 0.3) is 11.2 Å². The smallest absolute Gasteiger partial charge is 0.332 e. The number of carbonyl (C=O) groups is 2. The van der Waals surface area contributed by atoms with Gasteiger partial charge < -0.3 is 14.6 Å². The van der Waals surface area contributed by atoms with E-state index in [2.05, 4.69) is 10.3 Å². The second-order valence-electron chi connectivity index (χ2n) is 6.57. The predicted molar refractivity (Wildman–Crippen MR) is 104 cm³/mol. The first-order chi connectivity index (χ1) is 13.8. The highest BCUT2D eigenvalue weighted by Crippen LogP contribution is 2.17. The topological polar surface area (TPSA) is 117 Å². The molecule has 0 bridgehead atoms. The van der Waals surface area contributed by atoms with Crippen molar-refractivity contribution in [2.24, 2.45) is 14.1 Å². The molecule has 0 spiro atoms. The number of amides is 1. The number of rotatable bonds is 6. The van der Waals surface area contributed by atoms with Crippen molar-refractivity contribution in [2.75, 3.05) is 7.11 Å². The number of aryl methyl sites for hydroxylation is 2. The Balaban J connectivity index is 1.91. The van der Waals surface area contributed by atoms with Crippen LogP contribution in [0.5, 0.6) is 0 Å². The Hall–Kier alpha value is -3.69. The highest BCUT2D eigenvalue weighted by molar-refractivity contribution is 5.78. The third-order valence-corrected chi connectivity index (χ3v) is 4.64. The van der Waals surface area contributed by atoms with E-state index in [9.17, 15) is 19.2 Å². The molecule has 0 saturated heterocycles. The fraction of sp³-hybridized carbons (Fsp3) is 0.316. The molecule has 0 aliphatic heterocycles. The number of hydrogen-bond acceptors (Lipinski definition) is 6. The molecule has 0 radical (unpaired) electrons. The van der Waals surface area contributed by atoms with Crippen LogP contribution < -0.4 is 16.6 Å². The van der Waals surface area contributed by atoms with Crippen LogP contribution in [-0.2, 0) is 35.0 Å². The van der Waals surface area contributed by atoms with Crippen molar-refractivity contribution in [1.82, 2.24) is 24.0 Å². The number of methoxy groups -OCH3 is 1. The zero-order valence-corrected chi connectivity index (χ0v) is 16.3. The number of nitrogens with zero attached hydrogens (tertiary/aromatic N) is 4. The molecule has 1 atom stereocenters. The van der Waals surface area contributed by atoms with Crippen LogP contribution in [0, 0.1) is 0 Å². The largest absolute Gasteiger partial charge is 0.469 e. The first-order valence-corrected chi connectivity index (χ1v) is 8.85. The normalized spacial score (nSPS) is 12.0. The zero-order valence-electron chi connectivity index (χ0n) is 16.3. The van der Waals surface area contributed by atoms with Gasteiger partial charge in [-0.25, -0.2) is 14.3 Å². The molecule has 0 saturated carbocycles. The summed E-state index contributed by atoms with van der Waals surface area (Å²) in [5.41, 5.74) is -0.0993. The number of benzene rings is 1. The predicted octanol–water partition coefficient (Wildman–Crippen LogP) is -0.146. The standard InChI is InChI=1S/C19H21N5O5/c1-22-11-20-17-16(22)18(27)24(19(28)23(17)2)10-14(25)21-13(9-15(26)29-3)12-7-5-4-6-8-12/h4-8,11,13H,9-10H2,1-3H3,(H,21,25)/t13-/m1/s1. The summed E-state index contributed by atoms with van der Waals surface area (Å²) in [6.45, 7) is -0.489. The van der Waals surface area contributed by atoms with Gasteiger partial charge in [0, 0.05) is 14.1 Å². The second-order valence-corrected chi connectivity index (χ2v) is 6.57. The van der Waals surface area contributed by atoms with Crippen LogP contribution in [-0.4, -0.2) is 37.7 Å². The van der Waals surface area contributed by atoms with Crippen molar-refractivity contribution in [3.8, 4) is 0 Å². The molecule has 0 fully saturated rings. The minimum Gasteiger partial charge on any atom is -0.469 e. The molecule has 0 aliphatic carbocycles. The summed E-state index contributed by atoms with van der Waals surface area (Å²) in [5, 5.41) is 2.71. The number of esters is 1. The Labute approximate surface area is 165 Å². The number of hydrogen-bond donors (Lipinski definition) is 1. The summed E-state index contributed by atoms with van der Waals surface area (Å²) in [4.78, 5) is 53.7. The summed E-state index contributed by atoms with van der Waals surface area (Å²) in [6, 6.07) is 8.25. The summed E-state index contributed by atoms with van der Waals surface area (Å²) in [7, 11) is 4.38. The fourth-order valence-electron chi connectivity index (χ4n) is 3.11. The molecular weight excluding hydrogens is 378 g/mol. The van der Waals surface area contributed by atoms with E-state index in [1.54, 1.807) is 31.3 Å². The lowest BCUT2D eigenvalue weighted by Gasteiger charge is -2.18. The highest BCUT2D eigenvalue weighted by Gasteiger charge is 2.21. The lowest BCUT2D eigenvalue weighted by atomic mass is 10.0. The van der Waals surface area contributed by atoms with Gasteiger partial charge in [0.1, 0.15) is 6.54 Å². The molecule has 1 N–H and O–H groups in total. The average molecular weight is 399 g/mol. The third-order valence-electron chi connectivity index (χ3n) is 4.64. The lowest BCUT2D eigenvalue weighted by molar-refractivity contribution is -0.141. The van der Waals surface area contributed by atoms with Crippen LogP contribution in [0.1, 0.15) is 18.0 Å². The van der Waals surface area contributed by atoms with Gasteiger partial charge in [-0.1, -0.05) is 30.3 Å². The summed E-state index contributed by atoms with van der Waals surface area (Å²) >= 11 is 0. The maximum absolute atomic E-state index is 12.7. The molecule has 3 rings (SSSR count). The van der Waals surface area contributed by atoms with Crippen molar-refractivity contribution in [3.05, 3.63) is 63.1 Å². The number of carbonyl (C=O) groups excluding carboxylic acids is 2. The number of imidazole rings is 1. The number of ether oxygens (including phenoxy) is 1. The van der Waals surface area contributed by atoms with Gasteiger partial charge >= 0.3 is 11.7 Å². The Bertz CT molecular complexity index is 1180. The van der Waals surface area contributed by atoms with E-state index in [0.717, 1.165) is 4.57 Å². The molecule has 0 unspecified atom stereocenters. The van der Waals surface area contributed by atoms with E-state index in [1.165, 1.54) is 29.6 Å². The van der Waals surface area contributed by atoms with Crippen molar-refractivity contribution in [1.29, 1.82) is 0 Å². The van der Waals surface area contributed by atoms with Gasteiger partial charge in [-0.2, -0.15) is 0 Å². The fourth-order valence-corrected chi connectivity index (χ4v) is 3.11. The first kappa shape index (κ1) is 20.1. The monoisotopic (exact) mass is 399 g/mol. The van der Waals surface area contributed by atoms with Crippen LogP contribution >= 0.6 is 0 Å². The summed E-state index contributed by atoms with van der Waals surface area (Å²) in [6.07, 6.45) is 1.34. The van der Waals surface area contributed by atoms with Crippen LogP contribution in [0.4, 0.5) is 0 Å². The minimum absolute atomic E-state index is 0.0834. The Morgan fingerprint density at radius 3 is 2.52 bits per heavy atom. The molecule has 2 aromatic heterocycles. The maximum Gasteiger partial charge on any atom is 0.332 e. The van der Waals surface area contributed by atoms with Crippen LogP contribution in [0.2, 0.25) is 0 Å². The van der Waals surface area contributed by atoms with E-state index in [4.69, 9.17) is 4.74 Å². The average Bonchev–Trinajstić information content (AvgIpc) is 3.11. The molecule has 0 aliphatic rings. The van der Waals surface area contributed by atoms with Gasteiger partial charge in [-0.3, -0.25) is 19.0 Å². The maximum atomic E-state index is 12.7. The van der Waals surface area contributed by atoms with Gasteiger partial charge in [-0.15, -0.1) is 0 Å². The third kappa shape index (κ3) is 3.96. The van der Waals surface area contributed by atoms with Crippen molar-refractivity contribution in [2.45, 2.75) is 19.0 Å². The number of nitrogens with one attached hydrogen (secondary N) is 1. The van der Waals surface area contributed by atoms with Gasteiger partial charge in [0.2, 0.25) is 5.91 Å². The Kier molecular flexibility index (Phi) is 5.62. The molecule has 10 nitrogen and oxygen atoms in total. The van der Waals surface area contributed by atoms with Gasteiger partial charge in [0.25, 0.3) is 5.56 Å². The molecule has 1 aromatic carbocycles. The molecular formula is C19H21N5O5. The van der Waals surface area contributed by atoms with E-state index >= 15 is 0 Å². The zero-order chi connectivity index (χ0) is 21.1. The summed E-state index contributed by atoms with van der Waals surface area (Å²) in [5.74, 6) is -1.08. The SMILES string of the molecule is COC(=O)C[C@@H](NC(=O)Cn1c(=O)c2c(ncn2C)n(C)c1=O)c1ccccc1. The molecule has 10 heteroatoms. The van der Waals surface area contributed by atoms with Crippen molar-refractivity contribution in [3.63, 3.8) is 0 Å². The molecule has 2 heterocycles. The number of fused-ring (bicyclic) bond motifs is 1. The minimum atomic E-state index is -0.656. The van der Waals surface area contributed by atoms with E-state index in [0.29, 0.717) is 5.56 Å². The summed E-state index contributed by atoms with van der Waals surface area (Å²) < 4.78 is 8.26. The molecule has 152 valence electrons. The molecule has 1 amide bonds. The van der Waals surface area contributed by atoms with E-state index in [1.807, 2.05) is 6.07 Å². The Morgan fingerprint density at radius 1 is 1.17 bits per heavy atom. The number of aromatic nitrogens is 4. The highest BCUT2D eigenvalue weighted by atomic mass is 16.5. The van der Waals surface area contributed by atoms with Gasteiger partial charge in [0.05, 0.1) is 25.9 Å². The van der Waals surface area contributed by atoms with E-state index in [-0.39, 0.29) is 17.6 Å². The molecule has 3 aromatic rings. The van der Waals surface area contributed by atoms with Crippen LogP contribution in [0.3, 0.4) is 0 Å². The lowest BCUT2D eigenvalue weighted by Crippen LogP contribution is -2.44. The van der Waals surface area contributed by atoms with Gasteiger partial charge in [-0.05, 0) is 5.56 Å². The second kappa shape index (κ2) is 8.13. The van der Waals surface area contributed by atoms with Crippen molar-refractivity contribution >= 4 is 23.0 Å². The quantitative estimate of drug-likeness (QED) is 0.577. The van der Waals surface area contributed by atoms with Gasteiger partial charge in [0.15, 0.2) is 11.2 Å². The van der Waals surface area contributed by atoms with Crippen LogP contribution in [0.15, 0.2) is 46.2 Å².